The summed E-state index contributed by atoms with van der Waals surface area (Å²) in [6.07, 6.45) is 11.5. The van der Waals surface area contributed by atoms with Crippen LogP contribution in [-0.2, 0) is 25.6 Å². The van der Waals surface area contributed by atoms with Crippen LogP contribution in [0.1, 0.15) is 110 Å². The lowest BCUT2D eigenvalue weighted by molar-refractivity contribution is -0.227. The average molecular weight is 835 g/mol. The molecule has 16 heteroatoms. The molecule has 0 heterocycles. The zero-order chi connectivity index (χ0) is 42.8. The van der Waals surface area contributed by atoms with Crippen LogP contribution in [0.5, 0.6) is 0 Å². The minimum atomic E-state index is -0.346. The molecule has 1 aromatic rings. The van der Waals surface area contributed by atoms with Crippen LogP contribution in [0.15, 0.2) is 45.7 Å². The topological polar surface area (TPSA) is 224 Å². The molecular formula is C44H70N10O6. The second-order valence-corrected chi connectivity index (χ2v) is 18.2. The van der Waals surface area contributed by atoms with Gasteiger partial charge in [0.25, 0.3) is 0 Å². The summed E-state index contributed by atoms with van der Waals surface area (Å²) in [7, 11) is 0. The molecule has 1 N–H and O–H groups in total. The maximum absolute atomic E-state index is 13.2. The van der Waals surface area contributed by atoms with E-state index in [-0.39, 0.29) is 48.4 Å². The number of carbonyl (C=O) groups is 1. The lowest BCUT2D eigenvalue weighted by atomic mass is 9.43. The minimum Gasteiger partial charge on any atom is -0.445 e. The van der Waals surface area contributed by atoms with Crippen LogP contribution in [0.25, 0.3) is 31.3 Å². The SMILES string of the molecule is C[C@H](CCCN(CCCO)C(=O)OCc1ccccc1)[C@H]1CC[C@H]2[C@@H]3[C@H](OCCCN=[N+]=[N-])C[C@@H]4C[C@H](OCCCN=[N+]=[N-])CC[C@]4(C)[C@H]3C[C@H](OCCCN=[N+]=[N-])[C@]12C. The molecule has 332 valence electrons. The zero-order valence-corrected chi connectivity index (χ0v) is 36.3. The van der Waals surface area contributed by atoms with Gasteiger partial charge in [0.15, 0.2) is 0 Å². The highest BCUT2D eigenvalue weighted by atomic mass is 16.6. The third-order valence-corrected chi connectivity index (χ3v) is 15.0. The highest BCUT2D eigenvalue weighted by Crippen LogP contribution is 2.69. The van der Waals surface area contributed by atoms with Crippen molar-refractivity contribution in [2.45, 2.75) is 129 Å². The van der Waals surface area contributed by atoms with Crippen LogP contribution in [0.4, 0.5) is 4.79 Å². The molecule has 4 aliphatic carbocycles. The van der Waals surface area contributed by atoms with E-state index >= 15 is 0 Å². The quantitative estimate of drug-likeness (QED) is 0.0436. The molecule has 5 rings (SSSR count). The fraction of sp³-hybridized carbons (Fsp3) is 0.841. The van der Waals surface area contributed by atoms with Crippen LogP contribution < -0.4 is 0 Å². The number of aliphatic hydroxyl groups is 1. The molecule has 16 nitrogen and oxygen atoms in total. The molecule has 1 amide bonds. The van der Waals surface area contributed by atoms with Crippen LogP contribution in [0.3, 0.4) is 0 Å². The zero-order valence-electron chi connectivity index (χ0n) is 36.3. The number of amides is 1. The van der Waals surface area contributed by atoms with Gasteiger partial charge in [-0.2, -0.15) is 0 Å². The van der Waals surface area contributed by atoms with Gasteiger partial charge in [0.2, 0.25) is 0 Å². The van der Waals surface area contributed by atoms with Crippen molar-refractivity contribution in [1.82, 2.24) is 4.90 Å². The number of rotatable bonds is 25. The Labute approximate surface area is 356 Å². The standard InChI is InChI=1S/C44H70N10O6/c1-32(12-7-22-54(23-11-24-55)42(56)60-31-33-13-5-4-6-14-33)36-15-16-37-41-38(30-40(44(36,37)3)59-27-10-21-50-53-47)43(2)18-17-35(57-25-8-19-48-51-45)28-34(43)29-39(41)58-26-9-20-49-52-46/h4-6,13-14,32,34-41,55H,7-12,15-31H2,1-3H3/t32-,34+,35-,36-,37+,38+,39-,40+,41+,43+,44-/m1/s1. The van der Waals surface area contributed by atoms with E-state index in [1.807, 2.05) is 30.3 Å². The molecule has 0 saturated heterocycles. The summed E-state index contributed by atoms with van der Waals surface area (Å²) in [5, 5.41) is 20.8. The maximum atomic E-state index is 13.2. The summed E-state index contributed by atoms with van der Waals surface area (Å²) in [6, 6.07) is 9.69. The monoisotopic (exact) mass is 835 g/mol. The summed E-state index contributed by atoms with van der Waals surface area (Å²) in [5.41, 5.74) is 27.5. The molecule has 1 aromatic carbocycles. The molecule has 0 bridgehead atoms. The van der Waals surface area contributed by atoms with Gasteiger partial charge in [-0.1, -0.05) is 66.4 Å². The first-order valence-electron chi connectivity index (χ1n) is 22.6. The smallest absolute Gasteiger partial charge is 0.410 e. The van der Waals surface area contributed by atoms with Gasteiger partial charge in [0.1, 0.15) is 6.61 Å². The van der Waals surface area contributed by atoms with Crippen LogP contribution in [-0.4, -0.2) is 93.6 Å². The van der Waals surface area contributed by atoms with E-state index in [0.29, 0.717) is 114 Å². The van der Waals surface area contributed by atoms with Gasteiger partial charge in [-0.05, 0) is 147 Å². The van der Waals surface area contributed by atoms with E-state index in [4.69, 9.17) is 35.5 Å². The highest BCUT2D eigenvalue weighted by molar-refractivity contribution is 5.67. The molecule has 4 aliphatic rings. The first-order chi connectivity index (χ1) is 29.2. The lowest BCUT2D eigenvalue weighted by Crippen LogP contribution is -2.63. The number of carbonyl (C=O) groups excluding carboxylic acids is 1. The average Bonchev–Trinajstić information content (AvgIpc) is 3.62. The Morgan fingerprint density at radius 2 is 1.48 bits per heavy atom. The number of ether oxygens (including phenoxy) is 4. The Balaban J connectivity index is 1.34. The van der Waals surface area contributed by atoms with Gasteiger partial charge in [-0.15, -0.1) is 0 Å². The number of nitrogens with zero attached hydrogens (tertiary/aromatic N) is 10. The second kappa shape index (κ2) is 24.0. The van der Waals surface area contributed by atoms with E-state index in [1.54, 1.807) is 4.90 Å². The van der Waals surface area contributed by atoms with E-state index < -0.39 is 0 Å². The van der Waals surface area contributed by atoms with Crippen molar-refractivity contribution in [3.63, 3.8) is 0 Å². The van der Waals surface area contributed by atoms with Gasteiger partial charge >= 0.3 is 6.09 Å². The minimum absolute atomic E-state index is 0.0138. The van der Waals surface area contributed by atoms with Gasteiger partial charge in [-0.25, -0.2) is 4.79 Å². The Hall–Kier alpha value is -3.74. The molecule has 4 saturated carbocycles. The normalized spacial score (nSPS) is 30.9. The molecule has 4 fully saturated rings. The number of aliphatic hydroxyl groups excluding tert-OH is 1. The molecule has 0 unspecified atom stereocenters. The van der Waals surface area contributed by atoms with Gasteiger partial charge in [-0.3, -0.25) is 0 Å². The summed E-state index contributed by atoms with van der Waals surface area (Å²) in [6.45, 7) is 11.6. The molecule has 60 heavy (non-hydrogen) atoms. The Morgan fingerprint density at radius 3 is 2.15 bits per heavy atom. The van der Waals surface area contributed by atoms with Crippen LogP contribution in [0, 0.1) is 46.3 Å². The predicted molar refractivity (Wildman–Crippen MR) is 229 cm³/mol. The third-order valence-electron chi connectivity index (χ3n) is 15.0. The molecule has 0 aliphatic heterocycles. The van der Waals surface area contributed by atoms with Crippen molar-refractivity contribution in [3.8, 4) is 0 Å². The first kappa shape index (κ1) is 47.3. The van der Waals surface area contributed by atoms with Crippen molar-refractivity contribution in [1.29, 1.82) is 0 Å². The summed E-state index contributed by atoms with van der Waals surface area (Å²) in [4.78, 5) is 23.8. The molecule has 11 atom stereocenters. The number of benzene rings is 1. The van der Waals surface area contributed by atoms with Crippen LogP contribution in [0.2, 0.25) is 0 Å². The number of fused-ring (bicyclic) bond motifs is 5. The number of azide groups is 3. The largest absolute Gasteiger partial charge is 0.445 e. The molecular weight excluding hydrogens is 765 g/mol. The van der Waals surface area contributed by atoms with Crippen molar-refractivity contribution in [2.24, 2.45) is 61.7 Å². The van der Waals surface area contributed by atoms with Gasteiger partial charge < -0.3 is 29.0 Å². The number of hydrogen-bond donors (Lipinski definition) is 1. The van der Waals surface area contributed by atoms with Gasteiger partial charge in [0, 0.05) is 79.3 Å². The summed E-state index contributed by atoms with van der Waals surface area (Å²) >= 11 is 0. The van der Waals surface area contributed by atoms with Crippen molar-refractivity contribution in [3.05, 3.63) is 67.2 Å². The van der Waals surface area contributed by atoms with E-state index in [2.05, 4.69) is 50.8 Å². The Bertz CT molecular complexity index is 1620. The fourth-order valence-corrected chi connectivity index (χ4v) is 12.1. The number of hydrogen-bond acceptors (Lipinski definition) is 9. The van der Waals surface area contributed by atoms with E-state index in [9.17, 15) is 9.90 Å². The predicted octanol–water partition coefficient (Wildman–Crippen LogP) is 10.6. The summed E-state index contributed by atoms with van der Waals surface area (Å²) < 4.78 is 26.1. The Morgan fingerprint density at radius 1 is 0.833 bits per heavy atom. The van der Waals surface area contributed by atoms with Crippen molar-refractivity contribution >= 4 is 6.09 Å². The Kier molecular flexibility index (Phi) is 19.0. The third kappa shape index (κ3) is 12.0. The van der Waals surface area contributed by atoms with Gasteiger partial charge in [0.05, 0.1) is 18.3 Å². The molecule has 0 radical (unpaired) electrons. The van der Waals surface area contributed by atoms with E-state index in [0.717, 1.165) is 63.4 Å². The summed E-state index contributed by atoms with van der Waals surface area (Å²) in [5.74, 6) is 2.39. The molecule has 0 aromatic heterocycles. The highest BCUT2D eigenvalue weighted by Gasteiger charge is 2.66. The lowest BCUT2D eigenvalue weighted by Gasteiger charge is -2.65. The van der Waals surface area contributed by atoms with E-state index in [1.165, 1.54) is 0 Å². The fourth-order valence-electron chi connectivity index (χ4n) is 12.1. The maximum Gasteiger partial charge on any atom is 0.410 e. The first-order valence-corrected chi connectivity index (χ1v) is 22.6. The van der Waals surface area contributed by atoms with Crippen LogP contribution >= 0.6 is 0 Å². The molecule has 0 spiro atoms. The van der Waals surface area contributed by atoms with Crippen molar-refractivity contribution in [2.75, 3.05) is 59.2 Å². The van der Waals surface area contributed by atoms with Crippen molar-refractivity contribution < 1.29 is 28.8 Å². The second-order valence-electron chi connectivity index (χ2n) is 18.2.